The van der Waals surface area contributed by atoms with Crippen LogP contribution in [0, 0.1) is 0 Å². The predicted octanol–water partition coefficient (Wildman–Crippen LogP) is 3.71. The van der Waals surface area contributed by atoms with Gasteiger partial charge in [0.1, 0.15) is 17.0 Å². The number of ether oxygens (including phenoxy) is 1. The molecule has 1 amide bonds. The monoisotopic (exact) mass is 580 g/mol. The summed E-state index contributed by atoms with van der Waals surface area (Å²) in [5, 5.41) is 3.29. The lowest BCUT2D eigenvalue weighted by atomic mass is 10.0. The number of nitrogens with one attached hydrogen (secondary N) is 1. The van der Waals surface area contributed by atoms with Crippen LogP contribution < -0.4 is 20.5 Å². The van der Waals surface area contributed by atoms with E-state index in [9.17, 15) is 9.59 Å². The Morgan fingerprint density at radius 2 is 1.86 bits per heavy atom. The molecule has 1 N–H and O–H groups in total. The van der Waals surface area contributed by atoms with Crippen molar-refractivity contribution in [2.45, 2.75) is 18.9 Å². The molecule has 2 aliphatic heterocycles. The van der Waals surface area contributed by atoms with Gasteiger partial charge in [0.2, 0.25) is 11.9 Å². The molecule has 2 aromatic heterocycles. The van der Waals surface area contributed by atoms with Crippen LogP contribution in [0.15, 0.2) is 72.2 Å². The summed E-state index contributed by atoms with van der Waals surface area (Å²) in [5.41, 5.74) is 3.49. The van der Waals surface area contributed by atoms with Gasteiger partial charge in [-0.3, -0.25) is 14.2 Å². The van der Waals surface area contributed by atoms with Crippen molar-refractivity contribution in [3.05, 3.63) is 77.7 Å². The number of aromatic nitrogens is 4. The first-order chi connectivity index (χ1) is 20.9. The van der Waals surface area contributed by atoms with E-state index in [2.05, 4.69) is 39.8 Å². The van der Waals surface area contributed by atoms with Crippen molar-refractivity contribution < 1.29 is 9.53 Å². The number of hydrogen-bond acceptors (Lipinski definition) is 9. The average molecular weight is 581 g/mol. The van der Waals surface area contributed by atoms with Crippen LogP contribution in [0.25, 0.3) is 22.4 Å². The summed E-state index contributed by atoms with van der Waals surface area (Å²) in [7, 11) is 3.78. The number of fused-ring (bicyclic) bond motifs is 1. The maximum atomic E-state index is 14.1. The van der Waals surface area contributed by atoms with Crippen molar-refractivity contribution >= 4 is 34.4 Å². The summed E-state index contributed by atoms with van der Waals surface area (Å²) in [6.45, 7) is 8.57. The molecular weight excluding hydrogens is 544 g/mol. The van der Waals surface area contributed by atoms with Crippen molar-refractivity contribution in [2.75, 3.05) is 63.6 Å². The van der Waals surface area contributed by atoms with E-state index in [-0.39, 0.29) is 17.5 Å². The number of hydrogen-bond donors (Lipinski definition) is 1. The van der Waals surface area contributed by atoms with Crippen molar-refractivity contribution in [3.63, 3.8) is 0 Å². The van der Waals surface area contributed by atoms with Gasteiger partial charge in [-0.25, -0.2) is 9.97 Å². The minimum absolute atomic E-state index is 0.150. The number of likely N-dealkylation sites (tertiary alicyclic amines) is 1. The summed E-state index contributed by atoms with van der Waals surface area (Å²) >= 11 is 0. The van der Waals surface area contributed by atoms with Crippen LogP contribution in [0.2, 0.25) is 0 Å². The van der Waals surface area contributed by atoms with E-state index in [1.807, 2.05) is 42.5 Å². The standard InChI is InChI=1S/C32H36N8O3/c1-4-28(41)39-14-8-11-24(21-39)40-30-26(34-29(31(40)42)22-9-6-5-7-10-22)20-33-32(36-30)35-25-13-12-23(19-27(25)43-3)38-17-15-37(2)16-18-38/h4-7,9-10,12-13,19-20,24H,1,8,11,14-18,21H2,2-3H3,(H,33,35,36)/t24-/m1/s1. The first-order valence-electron chi connectivity index (χ1n) is 14.6. The molecule has 4 heterocycles. The van der Waals surface area contributed by atoms with Gasteiger partial charge in [0.25, 0.3) is 5.56 Å². The molecule has 2 fully saturated rings. The molecule has 0 radical (unpaired) electrons. The number of rotatable bonds is 7. The SMILES string of the molecule is C=CC(=O)N1CCC[C@@H](n2c(=O)c(-c3ccccc3)nc3cnc(Nc4ccc(N5CCN(C)CC5)cc4OC)nc32)C1. The lowest BCUT2D eigenvalue weighted by Gasteiger charge is -2.34. The van der Waals surface area contributed by atoms with E-state index in [0.717, 1.165) is 44.7 Å². The summed E-state index contributed by atoms with van der Waals surface area (Å²) in [4.78, 5) is 47.0. The first kappa shape index (κ1) is 28.4. The average Bonchev–Trinajstić information content (AvgIpc) is 3.05. The van der Waals surface area contributed by atoms with Crippen LogP contribution in [0.4, 0.5) is 17.3 Å². The van der Waals surface area contributed by atoms with Gasteiger partial charge in [-0.15, -0.1) is 0 Å². The summed E-state index contributed by atoms with van der Waals surface area (Å²) < 4.78 is 7.43. The molecule has 2 aliphatic rings. The van der Waals surface area contributed by atoms with Crippen LogP contribution in [0.5, 0.6) is 5.75 Å². The largest absolute Gasteiger partial charge is 0.494 e. The zero-order valence-electron chi connectivity index (χ0n) is 24.6. The normalized spacial score (nSPS) is 17.6. The van der Waals surface area contributed by atoms with E-state index >= 15 is 0 Å². The maximum Gasteiger partial charge on any atom is 0.279 e. The number of likely N-dealkylation sites (N-methyl/N-ethyl adjacent to an activating group) is 1. The molecule has 1 atom stereocenters. The Bertz CT molecular complexity index is 1700. The smallest absolute Gasteiger partial charge is 0.279 e. The molecule has 11 nitrogen and oxygen atoms in total. The first-order valence-corrected chi connectivity index (χ1v) is 14.6. The third kappa shape index (κ3) is 5.80. The number of piperidine rings is 1. The Hall–Kier alpha value is -4.77. The highest BCUT2D eigenvalue weighted by Crippen LogP contribution is 2.32. The van der Waals surface area contributed by atoms with Crippen LogP contribution in [-0.4, -0.2) is 88.7 Å². The molecular formula is C32H36N8O3. The molecule has 0 unspecified atom stereocenters. The van der Waals surface area contributed by atoms with Crippen molar-refractivity contribution in [2.24, 2.45) is 0 Å². The topological polar surface area (TPSA) is 109 Å². The summed E-state index contributed by atoms with van der Waals surface area (Å²) in [6.07, 6.45) is 4.43. The Balaban J connectivity index is 1.39. The molecule has 11 heteroatoms. The van der Waals surface area contributed by atoms with Gasteiger partial charge >= 0.3 is 0 Å². The van der Waals surface area contributed by atoms with Gasteiger partial charge in [0.05, 0.1) is 25.0 Å². The second-order valence-corrected chi connectivity index (χ2v) is 11.0. The molecule has 0 saturated carbocycles. The van der Waals surface area contributed by atoms with Crippen molar-refractivity contribution in [3.8, 4) is 17.0 Å². The number of benzene rings is 2. The zero-order valence-corrected chi connectivity index (χ0v) is 24.6. The molecule has 222 valence electrons. The van der Waals surface area contributed by atoms with Gasteiger partial charge in [-0.1, -0.05) is 36.9 Å². The maximum absolute atomic E-state index is 14.1. The van der Waals surface area contributed by atoms with Crippen molar-refractivity contribution in [1.82, 2.24) is 29.3 Å². The number of carbonyl (C=O) groups excluding carboxylic acids is 1. The molecule has 0 spiro atoms. The van der Waals surface area contributed by atoms with E-state index in [1.54, 1.807) is 22.8 Å². The van der Waals surface area contributed by atoms with E-state index in [4.69, 9.17) is 14.7 Å². The Labute approximate surface area is 250 Å². The van der Waals surface area contributed by atoms with E-state index in [1.165, 1.54) is 6.08 Å². The Morgan fingerprint density at radius 1 is 1.07 bits per heavy atom. The number of methoxy groups -OCH3 is 1. The fourth-order valence-electron chi connectivity index (χ4n) is 5.84. The van der Waals surface area contributed by atoms with Gasteiger partial charge < -0.3 is 24.8 Å². The van der Waals surface area contributed by atoms with Crippen LogP contribution in [-0.2, 0) is 4.79 Å². The molecule has 4 aromatic rings. The van der Waals surface area contributed by atoms with Gasteiger partial charge in [0, 0.05) is 56.6 Å². The molecule has 43 heavy (non-hydrogen) atoms. The Kier molecular flexibility index (Phi) is 8.06. The minimum Gasteiger partial charge on any atom is -0.494 e. The van der Waals surface area contributed by atoms with Gasteiger partial charge in [-0.2, -0.15) is 4.98 Å². The second-order valence-electron chi connectivity index (χ2n) is 11.0. The molecule has 0 aliphatic carbocycles. The number of anilines is 3. The number of carbonyl (C=O) groups is 1. The number of amides is 1. The fourth-order valence-corrected chi connectivity index (χ4v) is 5.84. The summed E-state index contributed by atoms with van der Waals surface area (Å²) in [6, 6.07) is 15.1. The van der Waals surface area contributed by atoms with Gasteiger partial charge in [0.15, 0.2) is 5.65 Å². The molecule has 2 aromatic carbocycles. The summed E-state index contributed by atoms with van der Waals surface area (Å²) in [5.74, 6) is 0.833. The van der Waals surface area contributed by atoms with E-state index < -0.39 is 0 Å². The lowest BCUT2D eigenvalue weighted by Crippen LogP contribution is -2.44. The zero-order chi connectivity index (χ0) is 29.9. The predicted molar refractivity (Wildman–Crippen MR) is 168 cm³/mol. The molecule has 0 bridgehead atoms. The highest BCUT2D eigenvalue weighted by Gasteiger charge is 2.28. The van der Waals surface area contributed by atoms with Crippen molar-refractivity contribution in [1.29, 1.82) is 0 Å². The fraction of sp³-hybridized carbons (Fsp3) is 0.344. The van der Waals surface area contributed by atoms with Crippen LogP contribution in [0.1, 0.15) is 18.9 Å². The van der Waals surface area contributed by atoms with Crippen LogP contribution >= 0.6 is 0 Å². The van der Waals surface area contributed by atoms with Gasteiger partial charge in [-0.05, 0) is 38.1 Å². The number of nitrogens with zero attached hydrogens (tertiary/aromatic N) is 7. The molecule has 6 rings (SSSR count). The van der Waals surface area contributed by atoms with E-state index in [0.29, 0.717) is 52.9 Å². The highest BCUT2D eigenvalue weighted by molar-refractivity contribution is 5.87. The molecule has 2 saturated heterocycles. The van der Waals surface area contributed by atoms with Crippen LogP contribution in [0.3, 0.4) is 0 Å². The number of piperazine rings is 1. The third-order valence-corrected chi connectivity index (χ3v) is 8.23. The quantitative estimate of drug-likeness (QED) is 0.327. The second kappa shape index (κ2) is 12.2. The Morgan fingerprint density at radius 3 is 2.60 bits per heavy atom. The minimum atomic E-state index is -0.279. The highest BCUT2D eigenvalue weighted by atomic mass is 16.5. The third-order valence-electron chi connectivity index (χ3n) is 8.23. The lowest BCUT2D eigenvalue weighted by molar-refractivity contribution is -0.127.